The molecule has 0 aromatic heterocycles. The number of carbonyl (C=O) groups excluding carboxylic acids is 2. The smallest absolute Gasteiger partial charge is 0.340 e. The van der Waals surface area contributed by atoms with Crippen molar-refractivity contribution in [3.63, 3.8) is 0 Å². The van der Waals surface area contributed by atoms with Gasteiger partial charge >= 0.3 is 5.97 Å². The fraction of sp³-hybridized carbons (Fsp3) is 0.300. The average molecular weight is 355 g/mol. The monoisotopic (exact) mass is 355 g/mol. The molecule has 1 aliphatic rings. The van der Waals surface area contributed by atoms with Crippen molar-refractivity contribution in [1.82, 2.24) is 0 Å². The molecular formula is C20H21NO5. The van der Waals surface area contributed by atoms with E-state index in [-0.39, 0.29) is 18.9 Å². The lowest BCUT2D eigenvalue weighted by Crippen LogP contribution is -2.17. The number of amides is 1. The number of carbonyl (C=O) groups is 2. The summed E-state index contributed by atoms with van der Waals surface area (Å²) in [6.45, 7) is 3.11. The predicted octanol–water partition coefficient (Wildman–Crippen LogP) is 3.21. The van der Waals surface area contributed by atoms with Gasteiger partial charge in [0.25, 0.3) is 0 Å². The van der Waals surface area contributed by atoms with Crippen molar-refractivity contribution >= 4 is 17.6 Å². The third-order valence-corrected chi connectivity index (χ3v) is 3.94. The van der Waals surface area contributed by atoms with E-state index in [0.29, 0.717) is 36.6 Å². The molecule has 3 rings (SSSR count). The van der Waals surface area contributed by atoms with Gasteiger partial charge in [0.15, 0.2) is 11.5 Å². The van der Waals surface area contributed by atoms with E-state index in [4.69, 9.17) is 14.2 Å². The molecular weight excluding hydrogens is 334 g/mol. The number of esters is 1. The Morgan fingerprint density at radius 3 is 2.65 bits per heavy atom. The molecule has 2 aromatic rings. The van der Waals surface area contributed by atoms with E-state index in [1.807, 2.05) is 18.2 Å². The standard InChI is InChI=1S/C20H21NO5/c1-2-24-20(23)15-5-3-4-6-16(15)21-19(22)10-8-14-7-9-17-18(13-14)26-12-11-25-17/h3-7,9,13H,2,8,10-12H2,1H3,(H,21,22). The highest BCUT2D eigenvalue weighted by molar-refractivity contribution is 6.01. The minimum atomic E-state index is -0.449. The second kappa shape index (κ2) is 8.38. The van der Waals surface area contributed by atoms with E-state index in [0.717, 1.165) is 11.3 Å². The Bertz CT molecular complexity index is 803. The average Bonchev–Trinajstić information content (AvgIpc) is 2.67. The highest BCUT2D eigenvalue weighted by atomic mass is 16.6. The highest BCUT2D eigenvalue weighted by Crippen LogP contribution is 2.31. The van der Waals surface area contributed by atoms with Crippen LogP contribution in [0.3, 0.4) is 0 Å². The molecule has 1 aliphatic heterocycles. The van der Waals surface area contributed by atoms with Gasteiger partial charge < -0.3 is 19.5 Å². The topological polar surface area (TPSA) is 73.9 Å². The van der Waals surface area contributed by atoms with Gasteiger partial charge in [-0.2, -0.15) is 0 Å². The number of aryl methyl sites for hydroxylation is 1. The Hall–Kier alpha value is -3.02. The molecule has 0 saturated carbocycles. The number of fused-ring (bicyclic) bond motifs is 1. The van der Waals surface area contributed by atoms with E-state index in [2.05, 4.69) is 5.32 Å². The lowest BCUT2D eigenvalue weighted by molar-refractivity contribution is -0.116. The number of hydrogen-bond donors (Lipinski definition) is 1. The van der Waals surface area contributed by atoms with Gasteiger partial charge in [0, 0.05) is 6.42 Å². The molecule has 0 unspecified atom stereocenters. The van der Waals surface area contributed by atoms with Crippen molar-refractivity contribution in [3.8, 4) is 11.5 Å². The van der Waals surface area contributed by atoms with Crippen molar-refractivity contribution in [2.75, 3.05) is 25.1 Å². The van der Waals surface area contributed by atoms with Gasteiger partial charge in [0.2, 0.25) is 5.91 Å². The van der Waals surface area contributed by atoms with Gasteiger partial charge in [-0.1, -0.05) is 18.2 Å². The minimum absolute atomic E-state index is 0.170. The van der Waals surface area contributed by atoms with Gasteiger partial charge in [0.05, 0.1) is 17.9 Å². The summed E-state index contributed by atoms with van der Waals surface area (Å²) in [6.07, 6.45) is 0.848. The number of ether oxygens (including phenoxy) is 3. The molecule has 6 nitrogen and oxygen atoms in total. The quantitative estimate of drug-likeness (QED) is 0.806. The first kappa shape index (κ1) is 17.8. The number of benzene rings is 2. The van der Waals surface area contributed by atoms with Crippen molar-refractivity contribution in [2.45, 2.75) is 19.8 Å². The van der Waals surface area contributed by atoms with Crippen LogP contribution in [0, 0.1) is 0 Å². The second-order valence-corrected chi connectivity index (χ2v) is 5.79. The van der Waals surface area contributed by atoms with Crippen LogP contribution in [0.25, 0.3) is 0 Å². The third kappa shape index (κ3) is 4.33. The number of rotatable bonds is 6. The van der Waals surface area contributed by atoms with Gasteiger partial charge in [-0.25, -0.2) is 4.79 Å². The number of hydrogen-bond acceptors (Lipinski definition) is 5. The van der Waals surface area contributed by atoms with E-state index >= 15 is 0 Å². The van der Waals surface area contributed by atoms with Crippen molar-refractivity contribution < 1.29 is 23.8 Å². The summed E-state index contributed by atoms with van der Waals surface area (Å²) < 4.78 is 16.1. The molecule has 0 radical (unpaired) electrons. The van der Waals surface area contributed by atoms with E-state index < -0.39 is 5.97 Å². The third-order valence-electron chi connectivity index (χ3n) is 3.94. The summed E-state index contributed by atoms with van der Waals surface area (Å²) in [5.41, 5.74) is 1.79. The van der Waals surface area contributed by atoms with Crippen LogP contribution in [0.2, 0.25) is 0 Å². The number of nitrogens with one attached hydrogen (secondary N) is 1. The maximum atomic E-state index is 12.3. The first-order chi connectivity index (χ1) is 12.7. The molecule has 2 aromatic carbocycles. The van der Waals surface area contributed by atoms with E-state index in [9.17, 15) is 9.59 Å². The van der Waals surface area contributed by atoms with Crippen LogP contribution in [0.1, 0.15) is 29.3 Å². The molecule has 0 saturated heterocycles. The Balaban J connectivity index is 1.60. The van der Waals surface area contributed by atoms with E-state index in [1.165, 1.54) is 0 Å². The first-order valence-corrected chi connectivity index (χ1v) is 8.62. The van der Waals surface area contributed by atoms with Crippen LogP contribution in [-0.4, -0.2) is 31.7 Å². The van der Waals surface area contributed by atoms with Crippen molar-refractivity contribution in [1.29, 1.82) is 0 Å². The maximum absolute atomic E-state index is 12.3. The molecule has 0 aliphatic carbocycles. The molecule has 1 amide bonds. The molecule has 0 atom stereocenters. The predicted molar refractivity (Wildman–Crippen MR) is 96.8 cm³/mol. The van der Waals surface area contributed by atoms with Crippen LogP contribution in [-0.2, 0) is 16.0 Å². The molecule has 136 valence electrons. The second-order valence-electron chi connectivity index (χ2n) is 5.79. The van der Waals surface area contributed by atoms with Crippen LogP contribution in [0.15, 0.2) is 42.5 Å². The number of anilines is 1. The normalized spacial score (nSPS) is 12.3. The zero-order chi connectivity index (χ0) is 18.4. The van der Waals surface area contributed by atoms with Crippen LogP contribution in [0.4, 0.5) is 5.69 Å². The molecule has 0 bridgehead atoms. The minimum Gasteiger partial charge on any atom is -0.486 e. The molecule has 26 heavy (non-hydrogen) atoms. The molecule has 1 N–H and O–H groups in total. The SMILES string of the molecule is CCOC(=O)c1ccccc1NC(=O)CCc1ccc2c(c1)OCCO2. The van der Waals surface area contributed by atoms with Crippen LogP contribution < -0.4 is 14.8 Å². The van der Waals surface area contributed by atoms with Crippen molar-refractivity contribution in [2.24, 2.45) is 0 Å². The van der Waals surface area contributed by atoms with Gasteiger partial charge in [-0.15, -0.1) is 0 Å². The largest absolute Gasteiger partial charge is 0.486 e. The molecule has 0 spiro atoms. The zero-order valence-corrected chi connectivity index (χ0v) is 14.6. The lowest BCUT2D eigenvalue weighted by atomic mass is 10.1. The summed E-state index contributed by atoms with van der Waals surface area (Å²) in [5, 5.41) is 2.79. The summed E-state index contributed by atoms with van der Waals surface area (Å²) in [6, 6.07) is 12.5. The van der Waals surface area contributed by atoms with Crippen LogP contribution in [0.5, 0.6) is 11.5 Å². The summed E-state index contributed by atoms with van der Waals surface area (Å²) in [7, 11) is 0. The maximum Gasteiger partial charge on any atom is 0.340 e. The highest BCUT2D eigenvalue weighted by Gasteiger charge is 2.15. The molecule has 6 heteroatoms. The zero-order valence-electron chi connectivity index (χ0n) is 14.6. The lowest BCUT2D eigenvalue weighted by Gasteiger charge is -2.18. The van der Waals surface area contributed by atoms with Crippen molar-refractivity contribution in [3.05, 3.63) is 53.6 Å². The summed E-state index contributed by atoms with van der Waals surface area (Å²) in [4.78, 5) is 24.3. The fourth-order valence-electron chi connectivity index (χ4n) is 2.69. The Morgan fingerprint density at radius 1 is 1.08 bits per heavy atom. The molecule has 1 heterocycles. The Morgan fingerprint density at radius 2 is 1.85 bits per heavy atom. The first-order valence-electron chi connectivity index (χ1n) is 8.62. The summed E-state index contributed by atoms with van der Waals surface area (Å²) >= 11 is 0. The van der Waals surface area contributed by atoms with Gasteiger partial charge in [-0.3, -0.25) is 4.79 Å². The number of para-hydroxylation sites is 1. The molecule has 0 fully saturated rings. The van der Waals surface area contributed by atoms with Gasteiger partial charge in [0.1, 0.15) is 13.2 Å². The Kier molecular flexibility index (Phi) is 5.73. The summed E-state index contributed by atoms with van der Waals surface area (Å²) in [5.74, 6) is 0.821. The van der Waals surface area contributed by atoms with Gasteiger partial charge in [-0.05, 0) is 43.2 Å². The van der Waals surface area contributed by atoms with Crippen LogP contribution >= 0.6 is 0 Å². The van der Waals surface area contributed by atoms with E-state index in [1.54, 1.807) is 31.2 Å². The Labute approximate surface area is 152 Å². The fourth-order valence-corrected chi connectivity index (χ4v) is 2.69.